The van der Waals surface area contributed by atoms with Gasteiger partial charge in [-0.1, -0.05) is 30.3 Å². The van der Waals surface area contributed by atoms with Gasteiger partial charge in [-0.2, -0.15) is 11.3 Å². The molecule has 1 aliphatic heterocycles. The summed E-state index contributed by atoms with van der Waals surface area (Å²) in [4.78, 5) is 13.1. The molecule has 1 unspecified atom stereocenters. The van der Waals surface area contributed by atoms with Gasteiger partial charge in [-0.05, 0) is 83.5 Å². The van der Waals surface area contributed by atoms with Crippen molar-refractivity contribution < 1.29 is 14.6 Å². The monoisotopic (exact) mass is 449 g/mol. The van der Waals surface area contributed by atoms with Crippen LogP contribution in [0.4, 0.5) is 0 Å². The van der Waals surface area contributed by atoms with Gasteiger partial charge in [0.05, 0.1) is 12.5 Å². The Morgan fingerprint density at radius 1 is 1.09 bits per heavy atom. The lowest BCUT2D eigenvalue weighted by Crippen LogP contribution is -2.49. The Kier molecular flexibility index (Phi) is 7.28. The maximum absolute atomic E-state index is 10.9. The first-order chi connectivity index (χ1) is 15.5. The summed E-state index contributed by atoms with van der Waals surface area (Å²) in [6, 6.07) is 17.2. The smallest absolute Gasteiger partial charge is 0.309 e. The van der Waals surface area contributed by atoms with E-state index in [1.54, 1.807) is 11.3 Å². The Morgan fingerprint density at radius 2 is 1.88 bits per heavy atom. The first kappa shape index (κ1) is 22.6. The van der Waals surface area contributed by atoms with Crippen LogP contribution in [0.25, 0.3) is 0 Å². The zero-order chi connectivity index (χ0) is 22.5. The number of hydrogen-bond acceptors (Lipinski definition) is 4. The predicted molar refractivity (Wildman–Crippen MR) is 130 cm³/mol. The normalized spacial score (nSPS) is 15.3. The summed E-state index contributed by atoms with van der Waals surface area (Å²) in [6.07, 6.45) is 2.04. The lowest BCUT2D eigenvalue weighted by molar-refractivity contribution is -0.147. The fourth-order valence-corrected chi connectivity index (χ4v) is 4.98. The highest BCUT2D eigenvalue weighted by Gasteiger charge is 2.32. The minimum Gasteiger partial charge on any atom is -0.494 e. The molecule has 4 rings (SSSR count). The van der Waals surface area contributed by atoms with E-state index in [4.69, 9.17) is 9.84 Å². The third-order valence-electron chi connectivity index (χ3n) is 6.42. The molecule has 1 atom stereocenters. The largest absolute Gasteiger partial charge is 0.494 e. The van der Waals surface area contributed by atoms with Crippen LogP contribution in [0.2, 0.25) is 0 Å². The Morgan fingerprint density at radius 3 is 2.53 bits per heavy atom. The maximum atomic E-state index is 10.9. The molecule has 2 heterocycles. The van der Waals surface area contributed by atoms with Gasteiger partial charge in [-0.15, -0.1) is 0 Å². The average Bonchev–Trinajstić information content (AvgIpc) is 3.28. The molecule has 3 aromatic rings. The molecule has 1 saturated heterocycles. The number of benzene rings is 2. The van der Waals surface area contributed by atoms with Crippen LogP contribution in [-0.2, 0) is 11.3 Å². The van der Waals surface area contributed by atoms with E-state index in [2.05, 4.69) is 65.9 Å². The van der Waals surface area contributed by atoms with Crippen molar-refractivity contribution in [3.05, 3.63) is 87.1 Å². The molecule has 0 bridgehead atoms. The summed E-state index contributed by atoms with van der Waals surface area (Å²) in [5.41, 5.74) is 6.63. The second kappa shape index (κ2) is 10.3. The van der Waals surface area contributed by atoms with E-state index < -0.39 is 5.97 Å². The minimum absolute atomic E-state index is 0.209. The van der Waals surface area contributed by atoms with Gasteiger partial charge in [0, 0.05) is 25.6 Å². The highest BCUT2D eigenvalue weighted by atomic mass is 32.1. The van der Waals surface area contributed by atoms with Crippen LogP contribution in [0.5, 0.6) is 5.75 Å². The zero-order valence-electron chi connectivity index (χ0n) is 18.8. The Labute approximate surface area is 194 Å². The van der Waals surface area contributed by atoms with Crippen LogP contribution in [0, 0.1) is 19.8 Å². The van der Waals surface area contributed by atoms with Gasteiger partial charge < -0.3 is 9.84 Å². The van der Waals surface area contributed by atoms with Crippen LogP contribution in [0.15, 0.2) is 59.3 Å². The molecule has 4 nitrogen and oxygen atoms in total. The molecule has 32 heavy (non-hydrogen) atoms. The van der Waals surface area contributed by atoms with Gasteiger partial charge in [0.2, 0.25) is 0 Å². The molecule has 0 amide bonds. The molecule has 168 valence electrons. The highest BCUT2D eigenvalue weighted by molar-refractivity contribution is 7.08. The van der Waals surface area contributed by atoms with Crippen LogP contribution < -0.4 is 4.74 Å². The lowest BCUT2D eigenvalue weighted by atomic mass is 9.87. The second-order valence-corrected chi connectivity index (χ2v) is 9.60. The van der Waals surface area contributed by atoms with Crippen molar-refractivity contribution in [1.82, 2.24) is 4.90 Å². The van der Waals surface area contributed by atoms with E-state index in [1.807, 2.05) is 12.1 Å². The van der Waals surface area contributed by atoms with E-state index in [1.165, 1.54) is 27.8 Å². The van der Waals surface area contributed by atoms with Crippen molar-refractivity contribution in [3.8, 4) is 5.75 Å². The summed E-state index contributed by atoms with van der Waals surface area (Å²) < 4.78 is 6.01. The molecule has 0 aliphatic carbocycles. The summed E-state index contributed by atoms with van der Waals surface area (Å²) in [7, 11) is 0. The van der Waals surface area contributed by atoms with E-state index in [0.29, 0.717) is 25.6 Å². The molecule has 0 saturated carbocycles. The van der Waals surface area contributed by atoms with Gasteiger partial charge in [-0.25, -0.2) is 0 Å². The zero-order valence-corrected chi connectivity index (χ0v) is 19.6. The van der Waals surface area contributed by atoms with Crippen LogP contribution in [-0.4, -0.2) is 35.7 Å². The molecule has 0 radical (unpaired) electrons. The summed E-state index contributed by atoms with van der Waals surface area (Å²) in [5.74, 6) is 0.389. The Balaban J connectivity index is 1.27. The number of carboxylic acid groups (broad SMARTS) is 1. The number of carboxylic acids is 1. The fraction of sp³-hybridized carbons (Fsp3) is 0.370. The summed E-state index contributed by atoms with van der Waals surface area (Å²) in [6.45, 7) is 7.11. The van der Waals surface area contributed by atoms with Crippen molar-refractivity contribution in [3.63, 3.8) is 0 Å². The standard InChI is InChI=1S/C27H31NO3S/c1-19-5-8-22(14-20(19)2)26(23-11-13-32-18-23)4-3-12-31-25-9-6-21(7-10-25)15-28-16-24(17-28)27(29)30/h5-11,13-14,18,24,26H,3-4,12,15-17H2,1-2H3,(H,29,30). The summed E-state index contributed by atoms with van der Waals surface area (Å²) >= 11 is 1.75. The van der Waals surface area contributed by atoms with Gasteiger partial charge in [0.1, 0.15) is 5.75 Å². The van der Waals surface area contributed by atoms with Crippen molar-refractivity contribution >= 4 is 17.3 Å². The van der Waals surface area contributed by atoms with Gasteiger partial charge in [0.25, 0.3) is 0 Å². The number of aryl methyl sites for hydroxylation is 2. The third kappa shape index (κ3) is 5.59. The average molecular weight is 450 g/mol. The predicted octanol–water partition coefficient (Wildman–Crippen LogP) is 5.87. The quantitative estimate of drug-likeness (QED) is 0.393. The molecule has 0 spiro atoms. The van der Waals surface area contributed by atoms with Gasteiger partial charge in [0.15, 0.2) is 0 Å². The van der Waals surface area contributed by atoms with E-state index in [-0.39, 0.29) is 5.92 Å². The maximum Gasteiger partial charge on any atom is 0.309 e. The number of ether oxygens (including phenoxy) is 1. The van der Waals surface area contributed by atoms with E-state index in [0.717, 1.165) is 25.1 Å². The molecule has 5 heteroatoms. The first-order valence-electron chi connectivity index (χ1n) is 11.3. The molecule has 1 aromatic heterocycles. The van der Waals surface area contributed by atoms with Gasteiger partial charge >= 0.3 is 5.97 Å². The molecular weight excluding hydrogens is 418 g/mol. The Bertz CT molecular complexity index is 1020. The van der Waals surface area contributed by atoms with E-state index >= 15 is 0 Å². The van der Waals surface area contributed by atoms with Crippen molar-refractivity contribution in [2.24, 2.45) is 5.92 Å². The molecular formula is C27H31NO3S. The first-order valence-corrected chi connectivity index (χ1v) is 12.2. The second-order valence-electron chi connectivity index (χ2n) is 8.82. The Hall–Kier alpha value is -2.63. The van der Waals surface area contributed by atoms with Crippen LogP contribution >= 0.6 is 11.3 Å². The summed E-state index contributed by atoms with van der Waals surface area (Å²) in [5, 5.41) is 13.4. The molecule has 1 N–H and O–H groups in total. The van der Waals surface area contributed by atoms with Crippen molar-refractivity contribution in [2.75, 3.05) is 19.7 Å². The number of nitrogens with zero attached hydrogens (tertiary/aromatic N) is 1. The molecule has 2 aromatic carbocycles. The van der Waals surface area contributed by atoms with Crippen molar-refractivity contribution in [2.45, 2.75) is 39.2 Å². The minimum atomic E-state index is -0.691. The van der Waals surface area contributed by atoms with Gasteiger partial charge in [-0.3, -0.25) is 9.69 Å². The van der Waals surface area contributed by atoms with Crippen LogP contribution in [0.3, 0.4) is 0 Å². The highest BCUT2D eigenvalue weighted by Crippen LogP contribution is 2.32. The number of hydrogen-bond donors (Lipinski definition) is 1. The number of rotatable bonds is 10. The van der Waals surface area contributed by atoms with Crippen molar-refractivity contribution in [1.29, 1.82) is 0 Å². The number of aliphatic carboxylic acids is 1. The molecule has 1 fully saturated rings. The van der Waals surface area contributed by atoms with E-state index in [9.17, 15) is 4.79 Å². The number of carbonyl (C=O) groups is 1. The molecule has 1 aliphatic rings. The number of thiophene rings is 1. The SMILES string of the molecule is Cc1ccc(C(CCCOc2ccc(CN3CC(C(=O)O)C3)cc2)c2ccsc2)cc1C. The third-order valence-corrected chi connectivity index (χ3v) is 7.12. The number of likely N-dealkylation sites (tertiary alicyclic amines) is 1. The lowest BCUT2D eigenvalue weighted by Gasteiger charge is -2.36. The topological polar surface area (TPSA) is 49.8 Å². The fourth-order valence-electron chi connectivity index (χ4n) is 4.26. The van der Waals surface area contributed by atoms with Crippen LogP contribution in [0.1, 0.15) is 46.6 Å².